The quantitative estimate of drug-likeness (QED) is 0.653. The number of aromatic nitrogens is 2. The number of methoxy groups -OCH3 is 1. The number of nitrogens with zero attached hydrogens (tertiary/aromatic N) is 2. The van der Waals surface area contributed by atoms with Crippen LogP contribution in [0, 0.1) is 5.82 Å². The van der Waals surface area contributed by atoms with E-state index in [9.17, 15) is 9.18 Å². The van der Waals surface area contributed by atoms with Gasteiger partial charge in [0.15, 0.2) is 11.6 Å². The van der Waals surface area contributed by atoms with E-state index in [0.29, 0.717) is 28.4 Å². The first-order valence-corrected chi connectivity index (χ1v) is 9.29. The fourth-order valence-corrected chi connectivity index (χ4v) is 3.07. The molecule has 1 heterocycles. The van der Waals surface area contributed by atoms with Crippen molar-refractivity contribution >= 4 is 11.6 Å². The molecule has 1 aromatic heterocycles. The standard InChI is InChI=1S/C21H21ClFN3O2/c1-28-20-9-6-15(11-18(20)23)19-12-16(13-24)21(27)26(25-19)10-2-3-14-4-7-17(22)8-5-14/h4-9,11-12H,2-3,10,13,24H2,1H3. The summed E-state index contributed by atoms with van der Waals surface area (Å²) < 4.78 is 20.4. The summed E-state index contributed by atoms with van der Waals surface area (Å²) in [5.41, 5.74) is 8.12. The highest BCUT2D eigenvalue weighted by Gasteiger charge is 2.11. The molecule has 0 radical (unpaired) electrons. The van der Waals surface area contributed by atoms with Gasteiger partial charge in [-0.3, -0.25) is 4.79 Å². The molecule has 0 saturated carbocycles. The molecule has 5 nitrogen and oxygen atoms in total. The second kappa shape index (κ2) is 8.99. The number of benzene rings is 2. The summed E-state index contributed by atoms with van der Waals surface area (Å²) in [5, 5.41) is 5.10. The van der Waals surface area contributed by atoms with Crippen molar-refractivity contribution in [3.8, 4) is 17.0 Å². The van der Waals surface area contributed by atoms with Gasteiger partial charge in [0.25, 0.3) is 5.56 Å². The molecule has 0 fully saturated rings. The Morgan fingerprint density at radius 3 is 2.57 bits per heavy atom. The van der Waals surface area contributed by atoms with Crippen LogP contribution in [0.25, 0.3) is 11.3 Å². The minimum Gasteiger partial charge on any atom is -0.494 e. The summed E-state index contributed by atoms with van der Waals surface area (Å²) in [4.78, 5) is 12.5. The van der Waals surface area contributed by atoms with Crippen molar-refractivity contribution in [3.05, 3.63) is 80.9 Å². The van der Waals surface area contributed by atoms with Crippen molar-refractivity contribution in [2.75, 3.05) is 7.11 Å². The predicted molar refractivity (Wildman–Crippen MR) is 108 cm³/mol. The van der Waals surface area contributed by atoms with Gasteiger partial charge in [0.05, 0.1) is 12.8 Å². The lowest BCUT2D eigenvalue weighted by Gasteiger charge is -2.11. The highest BCUT2D eigenvalue weighted by molar-refractivity contribution is 6.30. The molecule has 28 heavy (non-hydrogen) atoms. The van der Waals surface area contributed by atoms with Gasteiger partial charge in [-0.1, -0.05) is 23.7 Å². The molecule has 2 N–H and O–H groups in total. The van der Waals surface area contributed by atoms with E-state index in [1.807, 2.05) is 24.3 Å². The maximum Gasteiger partial charge on any atom is 0.271 e. The summed E-state index contributed by atoms with van der Waals surface area (Å²) in [7, 11) is 1.41. The molecular weight excluding hydrogens is 381 g/mol. The summed E-state index contributed by atoms with van der Waals surface area (Å²) in [6.45, 7) is 0.519. The molecule has 0 bridgehead atoms. The van der Waals surface area contributed by atoms with Crippen LogP contribution in [0.4, 0.5) is 4.39 Å². The van der Waals surface area contributed by atoms with Crippen LogP contribution in [-0.4, -0.2) is 16.9 Å². The molecule has 0 atom stereocenters. The topological polar surface area (TPSA) is 70.1 Å². The van der Waals surface area contributed by atoms with E-state index in [0.717, 1.165) is 18.4 Å². The van der Waals surface area contributed by atoms with Crippen LogP contribution in [0.15, 0.2) is 53.3 Å². The Morgan fingerprint density at radius 1 is 1.18 bits per heavy atom. The van der Waals surface area contributed by atoms with Crippen LogP contribution in [0.1, 0.15) is 17.5 Å². The fourth-order valence-electron chi connectivity index (χ4n) is 2.95. The highest BCUT2D eigenvalue weighted by atomic mass is 35.5. The van der Waals surface area contributed by atoms with Crippen molar-refractivity contribution in [2.24, 2.45) is 5.73 Å². The zero-order chi connectivity index (χ0) is 20.1. The molecule has 0 aliphatic carbocycles. The summed E-state index contributed by atoms with van der Waals surface area (Å²) in [6, 6.07) is 13.8. The minimum atomic E-state index is -0.489. The number of hydrogen-bond donors (Lipinski definition) is 1. The Balaban J connectivity index is 1.84. The van der Waals surface area contributed by atoms with Gasteiger partial charge in [0.2, 0.25) is 0 Å². The minimum absolute atomic E-state index is 0.0875. The Labute approximate surface area is 167 Å². The number of aryl methyl sites for hydroxylation is 2. The van der Waals surface area contributed by atoms with E-state index in [4.69, 9.17) is 22.1 Å². The molecule has 0 aliphatic rings. The maximum absolute atomic E-state index is 14.1. The Morgan fingerprint density at radius 2 is 1.93 bits per heavy atom. The van der Waals surface area contributed by atoms with Gasteiger partial charge < -0.3 is 10.5 Å². The third kappa shape index (κ3) is 4.58. The summed E-state index contributed by atoms with van der Waals surface area (Å²) in [6.07, 6.45) is 1.50. The average Bonchev–Trinajstić information content (AvgIpc) is 2.70. The second-order valence-corrected chi connectivity index (χ2v) is 6.80. The molecule has 0 aliphatic heterocycles. The SMILES string of the molecule is COc1ccc(-c2cc(CN)c(=O)n(CCCc3ccc(Cl)cc3)n2)cc1F. The Bertz CT molecular complexity index is 1020. The molecule has 0 amide bonds. The van der Waals surface area contributed by atoms with Crippen LogP contribution in [0.2, 0.25) is 5.02 Å². The molecule has 0 spiro atoms. The number of halogens is 2. The highest BCUT2D eigenvalue weighted by Crippen LogP contribution is 2.24. The second-order valence-electron chi connectivity index (χ2n) is 6.37. The number of nitrogens with two attached hydrogens (primary N) is 1. The van der Waals surface area contributed by atoms with E-state index in [1.54, 1.807) is 12.1 Å². The van der Waals surface area contributed by atoms with Crippen molar-refractivity contribution in [2.45, 2.75) is 25.9 Å². The molecule has 0 saturated heterocycles. The van der Waals surface area contributed by atoms with Crippen LogP contribution < -0.4 is 16.0 Å². The van der Waals surface area contributed by atoms with Gasteiger partial charge in [-0.05, 0) is 54.8 Å². The zero-order valence-corrected chi connectivity index (χ0v) is 16.2. The smallest absolute Gasteiger partial charge is 0.271 e. The number of ether oxygens (including phenoxy) is 1. The van der Waals surface area contributed by atoms with Crippen LogP contribution in [0.5, 0.6) is 5.75 Å². The lowest BCUT2D eigenvalue weighted by atomic mass is 10.1. The largest absolute Gasteiger partial charge is 0.494 e. The van der Waals surface area contributed by atoms with Gasteiger partial charge in [-0.2, -0.15) is 5.10 Å². The zero-order valence-electron chi connectivity index (χ0n) is 15.5. The molecule has 3 aromatic rings. The van der Waals surface area contributed by atoms with Crippen molar-refractivity contribution in [3.63, 3.8) is 0 Å². The van der Waals surface area contributed by atoms with Crippen LogP contribution in [-0.2, 0) is 19.5 Å². The van der Waals surface area contributed by atoms with E-state index in [-0.39, 0.29) is 17.9 Å². The lowest BCUT2D eigenvalue weighted by molar-refractivity contribution is 0.386. The van der Waals surface area contributed by atoms with Crippen molar-refractivity contribution < 1.29 is 9.13 Å². The predicted octanol–water partition coefficient (Wildman–Crippen LogP) is 3.80. The Hall–Kier alpha value is -2.70. The monoisotopic (exact) mass is 401 g/mol. The molecule has 0 unspecified atom stereocenters. The third-order valence-corrected chi connectivity index (χ3v) is 4.72. The lowest BCUT2D eigenvalue weighted by Crippen LogP contribution is -2.28. The first-order chi connectivity index (χ1) is 13.5. The summed E-state index contributed by atoms with van der Waals surface area (Å²) in [5.74, 6) is -0.337. The van der Waals surface area contributed by atoms with E-state index >= 15 is 0 Å². The van der Waals surface area contributed by atoms with E-state index in [1.165, 1.54) is 23.9 Å². The Kier molecular flexibility index (Phi) is 6.44. The third-order valence-electron chi connectivity index (χ3n) is 4.46. The molecule has 3 rings (SSSR count). The van der Waals surface area contributed by atoms with Gasteiger partial charge in [-0.25, -0.2) is 9.07 Å². The summed E-state index contributed by atoms with van der Waals surface area (Å²) >= 11 is 5.90. The first-order valence-electron chi connectivity index (χ1n) is 8.91. The molecule has 2 aromatic carbocycles. The fraction of sp³-hybridized carbons (Fsp3) is 0.238. The van der Waals surface area contributed by atoms with Crippen molar-refractivity contribution in [1.82, 2.24) is 9.78 Å². The van der Waals surface area contributed by atoms with Gasteiger partial charge in [0, 0.05) is 29.2 Å². The molecule has 146 valence electrons. The molecular formula is C21H21ClFN3O2. The maximum atomic E-state index is 14.1. The van der Waals surface area contributed by atoms with Gasteiger partial charge >= 0.3 is 0 Å². The normalized spacial score (nSPS) is 10.9. The first kappa shape index (κ1) is 20.0. The van der Waals surface area contributed by atoms with Crippen LogP contribution >= 0.6 is 11.6 Å². The number of rotatable bonds is 7. The van der Waals surface area contributed by atoms with E-state index < -0.39 is 5.82 Å². The number of hydrogen-bond acceptors (Lipinski definition) is 4. The van der Waals surface area contributed by atoms with Crippen molar-refractivity contribution in [1.29, 1.82) is 0 Å². The van der Waals surface area contributed by atoms with Gasteiger partial charge in [-0.15, -0.1) is 0 Å². The van der Waals surface area contributed by atoms with Gasteiger partial charge in [0.1, 0.15) is 0 Å². The van der Waals surface area contributed by atoms with Crippen LogP contribution in [0.3, 0.4) is 0 Å². The average molecular weight is 402 g/mol. The van der Waals surface area contributed by atoms with E-state index in [2.05, 4.69) is 5.10 Å². The molecule has 7 heteroatoms.